The first-order valence-corrected chi connectivity index (χ1v) is 23.6. The first-order valence-electron chi connectivity index (χ1n) is 9.90. The molecule has 3 aromatic rings. The first kappa shape index (κ1) is 17.6. The van der Waals surface area contributed by atoms with E-state index in [9.17, 15) is 0 Å². The molecule has 27 heavy (non-hydrogen) atoms. The van der Waals surface area contributed by atoms with E-state index < -0.39 is 17.4 Å². The zero-order valence-corrected chi connectivity index (χ0v) is 20.2. The zero-order chi connectivity index (χ0) is 18.8. The van der Waals surface area contributed by atoms with Crippen molar-refractivity contribution >= 4 is 12.5 Å². The van der Waals surface area contributed by atoms with Crippen LogP contribution in [0.15, 0.2) is 78.9 Å². The molecule has 2 heteroatoms. The van der Waals surface area contributed by atoms with Gasteiger partial charge in [-0.15, -0.1) is 0 Å². The monoisotopic (exact) mass is 444 g/mol. The molecule has 0 spiro atoms. The van der Waals surface area contributed by atoms with Crippen molar-refractivity contribution in [2.24, 2.45) is 0 Å². The van der Waals surface area contributed by atoms with Gasteiger partial charge in [-0.1, -0.05) is 0 Å². The van der Waals surface area contributed by atoms with Crippen LogP contribution in [0.25, 0.3) is 16.7 Å². The molecule has 0 fully saturated rings. The summed E-state index contributed by atoms with van der Waals surface area (Å²) in [5.74, 6) is 0. The number of allylic oxidation sites excluding steroid dienone is 2. The standard InChI is InChI=1S/C13H9.C10H9.2CH3.H2Si.Zr/c1-3-7-12-10(5-1)9-11-6-2-4-8-13(11)12;1-8-6-7-9-4-2-3-5-10(8)9;;;;/h1-9H;2-7H,1H3;2*1H3;1H2;. The molecule has 2 aliphatic rings. The van der Waals surface area contributed by atoms with Gasteiger partial charge in [-0.05, 0) is 0 Å². The van der Waals surface area contributed by atoms with Crippen molar-refractivity contribution in [3.63, 3.8) is 0 Å². The molecule has 0 heterocycles. The second kappa shape index (κ2) is 5.75. The van der Waals surface area contributed by atoms with Crippen LogP contribution in [0.1, 0.15) is 36.4 Å². The Balaban J connectivity index is 1.78. The van der Waals surface area contributed by atoms with Gasteiger partial charge >= 0.3 is 166 Å². The fourth-order valence-electron chi connectivity index (χ4n) is 5.70. The van der Waals surface area contributed by atoms with Gasteiger partial charge in [-0.3, -0.25) is 0 Å². The van der Waals surface area contributed by atoms with Crippen molar-refractivity contribution in [3.05, 3.63) is 101 Å². The molecule has 0 saturated carbocycles. The maximum atomic E-state index is 2.69. The molecular weight excluding hydrogens is 420 g/mol. The average Bonchev–Trinajstić information content (AvgIpc) is 3.19. The third kappa shape index (κ3) is 2.43. The summed E-state index contributed by atoms with van der Waals surface area (Å²) in [6.07, 6.45) is 2.60. The van der Waals surface area contributed by atoms with E-state index in [1.54, 1.807) is 16.7 Å². The Labute approximate surface area is 164 Å². The molecule has 0 nitrogen and oxygen atoms in total. The number of benzene rings is 3. The average molecular weight is 446 g/mol. The van der Waals surface area contributed by atoms with Crippen molar-refractivity contribution in [3.8, 4) is 11.1 Å². The number of fused-ring (bicyclic) bond motifs is 4. The Hall–Kier alpha value is -1.50. The predicted molar refractivity (Wildman–Crippen MR) is 117 cm³/mol. The number of hydrogen-bond donors (Lipinski definition) is 0. The topological polar surface area (TPSA) is 0 Å². The molecule has 0 amide bonds. The molecule has 5 rings (SSSR count). The molecule has 3 aromatic carbocycles. The van der Waals surface area contributed by atoms with E-state index in [-0.39, 0.29) is 0 Å². The fourth-order valence-corrected chi connectivity index (χ4v) is 22.5. The van der Waals surface area contributed by atoms with Gasteiger partial charge in [0.15, 0.2) is 0 Å². The van der Waals surface area contributed by atoms with Crippen LogP contribution in [0.2, 0.25) is 9.26 Å². The van der Waals surface area contributed by atoms with Crippen molar-refractivity contribution in [1.82, 2.24) is 0 Å². The minimum atomic E-state index is -3.29. The van der Waals surface area contributed by atoms with Crippen LogP contribution >= 0.6 is 0 Å². The summed E-state index contributed by atoms with van der Waals surface area (Å²) in [5, 5.41) is 0. The Morgan fingerprint density at radius 2 is 1.11 bits per heavy atom. The van der Waals surface area contributed by atoms with E-state index in [1.165, 1.54) is 22.3 Å². The van der Waals surface area contributed by atoms with Gasteiger partial charge in [0, 0.05) is 0 Å². The summed E-state index contributed by atoms with van der Waals surface area (Å²) in [4.78, 5) is 0. The number of rotatable bonds is 2. The summed E-state index contributed by atoms with van der Waals surface area (Å²) in [6.45, 7) is 4.70. The fraction of sp³-hybridized carbons (Fsp3) is 0.200. The summed E-state index contributed by atoms with van der Waals surface area (Å²) in [6, 6.07) is 27.4. The van der Waals surface area contributed by atoms with Gasteiger partial charge in [-0.2, -0.15) is 0 Å². The van der Waals surface area contributed by atoms with E-state index in [1.807, 2.05) is 0 Å². The Bertz CT molecular complexity index is 1130. The molecule has 1 atom stereocenters. The molecule has 0 bridgehead atoms. The Morgan fingerprint density at radius 1 is 0.667 bits per heavy atom. The molecule has 0 radical (unpaired) electrons. The molecule has 2 aliphatic carbocycles. The molecule has 0 N–H and O–H groups in total. The summed E-state index contributed by atoms with van der Waals surface area (Å²) in [7, 11) is 0. The SMILES string of the molecule is CC1=C[CH]([Zr]([CH3])([CH3])(=[SiH2])[CH]2c3ccccc3-c3ccccc32)c2ccccc21. The van der Waals surface area contributed by atoms with Crippen molar-refractivity contribution in [2.75, 3.05) is 0 Å². The second-order valence-corrected chi connectivity index (χ2v) is 40.0. The van der Waals surface area contributed by atoms with Gasteiger partial charge in [0.2, 0.25) is 0 Å². The number of hydrogen-bond acceptors (Lipinski definition) is 0. The molecular formula is C25H26SiZr. The van der Waals surface area contributed by atoms with Gasteiger partial charge < -0.3 is 0 Å². The van der Waals surface area contributed by atoms with Crippen LogP contribution in [0.3, 0.4) is 0 Å². The first-order chi connectivity index (χ1) is 12.9. The Morgan fingerprint density at radius 3 is 1.67 bits per heavy atom. The van der Waals surface area contributed by atoms with Crippen LogP contribution in [0, 0.1) is 0 Å². The molecule has 134 valence electrons. The molecule has 0 aliphatic heterocycles. The summed E-state index contributed by atoms with van der Waals surface area (Å²) < 4.78 is 6.57. The van der Waals surface area contributed by atoms with Gasteiger partial charge in [0.1, 0.15) is 0 Å². The van der Waals surface area contributed by atoms with Gasteiger partial charge in [0.25, 0.3) is 0 Å². The quantitative estimate of drug-likeness (QED) is 0.409. The second-order valence-electron chi connectivity index (χ2n) is 9.46. The van der Waals surface area contributed by atoms with Gasteiger partial charge in [0.05, 0.1) is 0 Å². The minimum absolute atomic E-state index is 0.581. The molecule has 1 unspecified atom stereocenters. The molecule has 0 aromatic heterocycles. The third-order valence-electron chi connectivity index (χ3n) is 6.94. The van der Waals surface area contributed by atoms with Crippen LogP contribution < -0.4 is 0 Å². The van der Waals surface area contributed by atoms with Crippen LogP contribution in [-0.2, 0) is 17.4 Å². The van der Waals surface area contributed by atoms with Crippen molar-refractivity contribution in [2.45, 2.75) is 23.4 Å². The maximum absolute atomic E-state index is 3.29. The normalized spacial score (nSPS) is 18.7. The zero-order valence-electron chi connectivity index (χ0n) is 16.4. The van der Waals surface area contributed by atoms with E-state index in [0.717, 1.165) is 0 Å². The van der Waals surface area contributed by atoms with Crippen molar-refractivity contribution in [1.29, 1.82) is 0 Å². The van der Waals surface area contributed by atoms with Crippen LogP contribution in [0.5, 0.6) is 0 Å². The van der Waals surface area contributed by atoms with E-state index in [0.29, 0.717) is 7.25 Å². The predicted octanol–water partition coefficient (Wildman–Crippen LogP) is 6.25. The van der Waals surface area contributed by atoms with Crippen molar-refractivity contribution < 1.29 is 17.4 Å². The van der Waals surface area contributed by atoms with Crippen LogP contribution in [0.4, 0.5) is 0 Å². The summed E-state index contributed by atoms with van der Waals surface area (Å²) >= 11 is -3.29. The van der Waals surface area contributed by atoms with Gasteiger partial charge in [-0.25, -0.2) is 0 Å². The third-order valence-corrected chi connectivity index (χ3v) is 24.3. The van der Waals surface area contributed by atoms with E-state index in [2.05, 4.69) is 102 Å². The molecule has 0 saturated heterocycles. The summed E-state index contributed by atoms with van der Waals surface area (Å²) in [5.41, 5.74) is 10.6. The van der Waals surface area contributed by atoms with E-state index in [4.69, 9.17) is 0 Å². The van der Waals surface area contributed by atoms with Crippen LogP contribution in [-0.4, -0.2) is 6.88 Å². The van der Waals surface area contributed by atoms with E-state index >= 15 is 0 Å². The Kier molecular flexibility index (Phi) is 3.75.